The first-order valence-electron chi connectivity index (χ1n) is 4.66. The van der Waals surface area contributed by atoms with Gasteiger partial charge in [0.25, 0.3) is 0 Å². The van der Waals surface area contributed by atoms with E-state index in [1.165, 1.54) is 0 Å². The molecule has 0 aromatic heterocycles. The van der Waals surface area contributed by atoms with E-state index in [1.54, 1.807) is 0 Å². The fourth-order valence-corrected chi connectivity index (χ4v) is 1.38. The number of halogens is 10. The minimum Gasteiger partial charge on any atom is -0.332 e. The van der Waals surface area contributed by atoms with Crippen LogP contribution in [0.2, 0.25) is 0 Å². The van der Waals surface area contributed by atoms with Crippen molar-refractivity contribution in [3.05, 3.63) is 0 Å². The molecule has 0 N–H and O–H groups in total. The van der Waals surface area contributed by atoms with Gasteiger partial charge in [-0.25, -0.2) is 17.6 Å². The van der Waals surface area contributed by atoms with Crippen molar-refractivity contribution in [1.82, 2.24) is 0 Å². The van der Waals surface area contributed by atoms with Crippen molar-refractivity contribution < 1.29 is 48.6 Å². The minimum absolute atomic E-state index is 2.31. The monoisotopic (exact) mass is 308 g/mol. The average molecular weight is 308 g/mol. The van der Waals surface area contributed by atoms with E-state index in [0.717, 1.165) is 0 Å². The first kappa shape index (κ1) is 16.3. The number of ether oxygens (including phenoxy) is 1. The van der Waals surface area contributed by atoms with Gasteiger partial charge >= 0.3 is 30.0 Å². The Hall–Kier alpha value is -0.740. The number of alkyl halides is 10. The molecule has 114 valence electrons. The number of hydrogen-bond acceptors (Lipinski definition) is 1. The molecule has 1 nitrogen and oxygen atoms in total. The van der Waals surface area contributed by atoms with Crippen molar-refractivity contribution in [2.24, 2.45) is 0 Å². The molecule has 0 spiro atoms. The van der Waals surface area contributed by atoms with Gasteiger partial charge in [0.2, 0.25) is 0 Å². The molecule has 1 rings (SSSR count). The summed E-state index contributed by atoms with van der Waals surface area (Å²) in [5.41, 5.74) is 0. The summed E-state index contributed by atoms with van der Waals surface area (Å²) >= 11 is 0. The van der Waals surface area contributed by atoms with Crippen molar-refractivity contribution in [1.29, 1.82) is 0 Å². The van der Waals surface area contributed by atoms with E-state index in [9.17, 15) is 43.9 Å². The van der Waals surface area contributed by atoms with Crippen LogP contribution in [0.1, 0.15) is 6.42 Å². The molecule has 0 aromatic rings. The molecule has 2 atom stereocenters. The fourth-order valence-electron chi connectivity index (χ4n) is 1.38. The summed E-state index contributed by atoms with van der Waals surface area (Å²) < 4.78 is 128. The maximum Gasteiger partial charge on any atom is 0.370 e. The molecule has 0 bridgehead atoms. The van der Waals surface area contributed by atoms with Crippen LogP contribution in [0.5, 0.6) is 0 Å². The largest absolute Gasteiger partial charge is 0.370 e. The van der Waals surface area contributed by atoms with Gasteiger partial charge in [-0.2, -0.15) is 26.3 Å². The average Bonchev–Trinajstić information content (AvgIpc) is 2.34. The van der Waals surface area contributed by atoms with Crippen molar-refractivity contribution in [2.75, 3.05) is 6.61 Å². The molecular formula is C8H6F10O. The van der Waals surface area contributed by atoms with Gasteiger partial charge in [-0.3, -0.25) is 0 Å². The quantitative estimate of drug-likeness (QED) is 0.721. The zero-order chi connectivity index (χ0) is 15.3. The Morgan fingerprint density at radius 3 is 1.89 bits per heavy atom. The molecular weight excluding hydrogens is 302 g/mol. The van der Waals surface area contributed by atoms with E-state index in [4.69, 9.17) is 0 Å². The topological polar surface area (TPSA) is 9.23 Å². The Balaban J connectivity index is 2.93. The highest BCUT2D eigenvalue weighted by Crippen LogP contribution is 2.57. The highest BCUT2D eigenvalue weighted by molar-refractivity contribution is 5.10. The number of rotatable bonds is 4. The molecule has 0 saturated heterocycles. The van der Waals surface area contributed by atoms with Crippen molar-refractivity contribution >= 4 is 0 Å². The molecule has 11 heteroatoms. The third-order valence-electron chi connectivity index (χ3n) is 2.52. The maximum atomic E-state index is 13.4. The van der Waals surface area contributed by atoms with Gasteiger partial charge in [-0.15, -0.1) is 0 Å². The lowest BCUT2D eigenvalue weighted by Gasteiger charge is -2.31. The van der Waals surface area contributed by atoms with Gasteiger partial charge in [0.1, 0.15) is 6.61 Å². The molecule has 2 unspecified atom stereocenters. The summed E-state index contributed by atoms with van der Waals surface area (Å²) in [6.45, 7) is -2.66. The summed E-state index contributed by atoms with van der Waals surface area (Å²) in [7, 11) is 0. The van der Waals surface area contributed by atoms with E-state index < -0.39 is 49.2 Å². The highest BCUT2D eigenvalue weighted by Gasteiger charge is 2.81. The summed E-state index contributed by atoms with van der Waals surface area (Å²) in [5, 5.41) is 0. The second-order valence-electron chi connectivity index (χ2n) is 3.95. The second-order valence-corrected chi connectivity index (χ2v) is 3.95. The van der Waals surface area contributed by atoms with Crippen molar-refractivity contribution in [2.45, 2.75) is 42.6 Å². The Kier molecular flexibility index (Phi) is 3.77. The summed E-state index contributed by atoms with van der Waals surface area (Å²) in [6, 6.07) is 0. The van der Waals surface area contributed by atoms with Crippen LogP contribution in [0, 0.1) is 0 Å². The van der Waals surface area contributed by atoms with E-state index in [2.05, 4.69) is 4.74 Å². The zero-order valence-electron chi connectivity index (χ0n) is 8.76. The van der Waals surface area contributed by atoms with E-state index >= 15 is 0 Å². The molecule has 19 heavy (non-hydrogen) atoms. The molecule has 0 aliphatic heterocycles. The van der Waals surface area contributed by atoms with Gasteiger partial charge < -0.3 is 4.74 Å². The van der Waals surface area contributed by atoms with Crippen molar-refractivity contribution in [3.8, 4) is 0 Å². The third-order valence-corrected chi connectivity index (χ3v) is 2.52. The smallest absolute Gasteiger partial charge is 0.332 e. The molecule has 0 heterocycles. The summed E-state index contributed by atoms with van der Waals surface area (Å²) in [5.74, 6) is -21.1. The van der Waals surface area contributed by atoms with Crippen LogP contribution in [0.4, 0.5) is 43.9 Å². The van der Waals surface area contributed by atoms with E-state index in [-0.39, 0.29) is 0 Å². The highest BCUT2D eigenvalue weighted by atomic mass is 19.3. The van der Waals surface area contributed by atoms with Crippen LogP contribution in [-0.4, -0.2) is 42.8 Å². The minimum atomic E-state index is -5.75. The SMILES string of the molecule is FC(F)C(F)(F)COC1(F)C(F)CC(F)(F)C1(F)F. The second kappa shape index (κ2) is 4.38. The van der Waals surface area contributed by atoms with Gasteiger partial charge in [-0.1, -0.05) is 0 Å². The fraction of sp³-hybridized carbons (Fsp3) is 1.00. The molecule has 1 aliphatic carbocycles. The van der Waals surface area contributed by atoms with Crippen LogP contribution in [0.3, 0.4) is 0 Å². The van der Waals surface area contributed by atoms with E-state index in [1.807, 2.05) is 0 Å². The molecule has 0 aromatic carbocycles. The summed E-state index contributed by atoms with van der Waals surface area (Å²) in [4.78, 5) is 0. The van der Waals surface area contributed by atoms with Crippen LogP contribution in [0.25, 0.3) is 0 Å². The Labute approximate surface area is 99.1 Å². The van der Waals surface area contributed by atoms with Crippen LogP contribution >= 0.6 is 0 Å². The first-order chi connectivity index (χ1) is 8.28. The molecule has 1 aliphatic rings. The Bertz CT molecular complexity index is 342. The van der Waals surface area contributed by atoms with Gasteiger partial charge in [0.05, 0.1) is 6.42 Å². The zero-order valence-corrected chi connectivity index (χ0v) is 8.76. The molecule has 1 saturated carbocycles. The van der Waals surface area contributed by atoms with Gasteiger partial charge in [-0.05, 0) is 0 Å². The predicted octanol–water partition coefficient (Wildman–Crippen LogP) is 3.58. The van der Waals surface area contributed by atoms with Gasteiger partial charge in [0.15, 0.2) is 6.17 Å². The Morgan fingerprint density at radius 2 is 1.58 bits per heavy atom. The Morgan fingerprint density at radius 1 is 1.11 bits per heavy atom. The lowest BCUT2D eigenvalue weighted by atomic mass is 10.1. The third kappa shape index (κ3) is 2.36. The maximum absolute atomic E-state index is 13.4. The van der Waals surface area contributed by atoms with E-state index in [0.29, 0.717) is 0 Å². The normalized spacial score (nSPS) is 33.9. The van der Waals surface area contributed by atoms with Crippen LogP contribution < -0.4 is 0 Å². The molecule has 1 fully saturated rings. The van der Waals surface area contributed by atoms with Crippen LogP contribution in [0.15, 0.2) is 0 Å². The predicted molar refractivity (Wildman–Crippen MR) is 40.1 cm³/mol. The van der Waals surface area contributed by atoms with Gasteiger partial charge in [0, 0.05) is 0 Å². The lowest BCUT2D eigenvalue weighted by molar-refractivity contribution is -0.338. The van der Waals surface area contributed by atoms with Crippen molar-refractivity contribution in [3.63, 3.8) is 0 Å². The number of hydrogen-bond donors (Lipinski definition) is 0. The first-order valence-corrected chi connectivity index (χ1v) is 4.66. The molecule has 0 amide bonds. The lowest BCUT2D eigenvalue weighted by Crippen LogP contribution is -2.55. The summed E-state index contributed by atoms with van der Waals surface area (Å²) in [6.07, 6.45) is -10.4. The standard InChI is InChI=1S/C8H6F10O/c9-3-1-6(14,15)8(17,18)7(3,16)19-2-5(12,13)4(10)11/h3-4H,1-2H2. The molecule has 0 radical (unpaired) electrons. The van der Waals surface area contributed by atoms with Crippen LogP contribution in [-0.2, 0) is 4.74 Å².